The minimum absolute atomic E-state index is 0.187. The Bertz CT molecular complexity index is 1890. The molecule has 1 aliphatic rings. The summed E-state index contributed by atoms with van der Waals surface area (Å²) in [6, 6.07) is 54.8. The first-order chi connectivity index (χ1) is 25.8. The summed E-state index contributed by atoms with van der Waals surface area (Å²) >= 11 is 0. The summed E-state index contributed by atoms with van der Waals surface area (Å²) in [4.78, 5) is 30.8. The van der Waals surface area contributed by atoms with E-state index in [1.165, 1.54) is 0 Å². The van der Waals surface area contributed by atoms with Crippen molar-refractivity contribution in [3.8, 4) is 0 Å². The van der Waals surface area contributed by atoms with Crippen molar-refractivity contribution in [3.05, 3.63) is 215 Å². The number of rotatable bonds is 14. The largest absolute Gasteiger partial charge is 0.378 e. The number of hydrogen-bond donors (Lipinski definition) is 3. The van der Waals surface area contributed by atoms with Crippen LogP contribution in [0, 0.1) is 5.41 Å². The molecule has 2 amide bonds. The second-order valence-electron chi connectivity index (χ2n) is 14.1. The summed E-state index contributed by atoms with van der Waals surface area (Å²) in [6.07, 6.45) is 0.926. The van der Waals surface area contributed by atoms with Gasteiger partial charge in [-0.25, -0.2) is 0 Å². The number of carbonyl (C=O) groups is 2. The zero-order valence-electron chi connectivity index (χ0n) is 29.5. The van der Waals surface area contributed by atoms with Gasteiger partial charge in [-0.3, -0.25) is 9.59 Å². The molecule has 0 heterocycles. The minimum Gasteiger partial charge on any atom is -0.378 e. The molecule has 1 aliphatic carbocycles. The molecule has 0 radical (unpaired) electrons. The maximum absolute atomic E-state index is 15.8. The summed E-state index contributed by atoms with van der Waals surface area (Å²) in [5.74, 6) is -1.22. The van der Waals surface area contributed by atoms with E-state index in [0.717, 1.165) is 11.1 Å². The second kappa shape index (κ2) is 15.0. The molecular formula is C47H44N2O4. The first kappa shape index (κ1) is 35.6. The van der Waals surface area contributed by atoms with Gasteiger partial charge in [0.1, 0.15) is 16.6 Å². The van der Waals surface area contributed by atoms with Crippen molar-refractivity contribution in [3.63, 3.8) is 0 Å². The minimum atomic E-state index is -1.83. The third-order valence-corrected chi connectivity index (χ3v) is 10.9. The van der Waals surface area contributed by atoms with Crippen molar-refractivity contribution < 1.29 is 19.8 Å². The molecule has 0 bridgehead atoms. The molecule has 2 atom stereocenters. The number of benzene rings is 6. The highest BCUT2D eigenvalue weighted by molar-refractivity contribution is 6.07. The molecular weight excluding hydrogens is 657 g/mol. The Balaban J connectivity index is 1.59. The van der Waals surface area contributed by atoms with Crippen molar-refractivity contribution in [2.75, 3.05) is 0 Å². The van der Waals surface area contributed by atoms with E-state index in [-0.39, 0.29) is 25.7 Å². The van der Waals surface area contributed by atoms with E-state index in [1.807, 2.05) is 182 Å². The van der Waals surface area contributed by atoms with Crippen molar-refractivity contribution in [1.82, 2.24) is 4.90 Å². The lowest BCUT2D eigenvalue weighted by Gasteiger charge is -2.52. The molecule has 6 heteroatoms. The van der Waals surface area contributed by atoms with Crippen LogP contribution in [0.5, 0.6) is 0 Å². The summed E-state index contributed by atoms with van der Waals surface area (Å²) in [6.45, 7) is 0. The summed E-state index contributed by atoms with van der Waals surface area (Å²) in [7, 11) is 0. The molecule has 53 heavy (non-hydrogen) atoms. The fourth-order valence-electron chi connectivity index (χ4n) is 7.88. The van der Waals surface area contributed by atoms with E-state index >= 15 is 4.79 Å². The molecule has 6 nitrogen and oxygen atoms in total. The Morgan fingerprint density at radius 2 is 0.774 bits per heavy atom. The van der Waals surface area contributed by atoms with Crippen molar-refractivity contribution >= 4 is 11.8 Å². The Morgan fingerprint density at radius 3 is 1.02 bits per heavy atom. The maximum atomic E-state index is 15.8. The first-order valence-electron chi connectivity index (χ1n) is 18.2. The molecule has 7 rings (SSSR count). The van der Waals surface area contributed by atoms with E-state index in [2.05, 4.69) is 0 Å². The third-order valence-electron chi connectivity index (χ3n) is 10.9. The molecule has 1 fully saturated rings. The van der Waals surface area contributed by atoms with Crippen LogP contribution in [-0.2, 0) is 33.6 Å². The fourth-order valence-corrected chi connectivity index (χ4v) is 7.88. The van der Waals surface area contributed by atoms with Gasteiger partial charge in [0.15, 0.2) is 0 Å². The van der Waals surface area contributed by atoms with Gasteiger partial charge in [-0.1, -0.05) is 182 Å². The number of amides is 2. The van der Waals surface area contributed by atoms with Gasteiger partial charge in [-0.05, 0) is 59.1 Å². The van der Waals surface area contributed by atoms with E-state index < -0.39 is 40.5 Å². The van der Waals surface area contributed by atoms with Crippen LogP contribution in [0.4, 0.5) is 0 Å². The highest BCUT2D eigenvalue weighted by Crippen LogP contribution is 2.51. The molecule has 266 valence electrons. The molecule has 4 N–H and O–H groups in total. The van der Waals surface area contributed by atoms with Crippen LogP contribution in [-0.4, -0.2) is 39.0 Å². The SMILES string of the molecule is NC(=O)C1(C(=O)N(C(Cc2ccccc2)C(O)(c2ccccc2)c2ccccc2)C(Cc2ccccc2)C(O)(c2ccccc2)c2ccccc2)CC1. The monoisotopic (exact) mass is 700 g/mol. The number of hydrogen-bond acceptors (Lipinski definition) is 4. The lowest BCUT2D eigenvalue weighted by molar-refractivity contribution is -0.161. The van der Waals surface area contributed by atoms with Gasteiger partial charge in [0.05, 0.1) is 12.1 Å². The van der Waals surface area contributed by atoms with Gasteiger partial charge >= 0.3 is 0 Å². The average molecular weight is 701 g/mol. The second-order valence-corrected chi connectivity index (χ2v) is 14.1. The molecule has 6 aromatic rings. The molecule has 2 unspecified atom stereocenters. The Kier molecular flexibility index (Phi) is 10.1. The quantitative estimate of drug-likeness (QED) is 0.105. The van der Waals surface area contributed by atoms with E-state index in [9.17, 15) is 15.0 Å². The Morgan fingerprint density at radius 1 is 0.509 bits per heavy atom. The molecule has 6 aromatic carbocycles. The van der Waals surface area contributed by atoms with Gasteiger partial charge in [0.25, 0.3) is 0 Å². The number of carbonyl (C=O) groups excluding carboxylic acids is 2. The summed E-state index contributed by atoms with van der Waals surface area (Å²) < 4.78 is 0. The van der Waals surface area contributed by atoms with Crippen LogP contribution in [0.1, 0.15) is 46.2 Å². The van der Waals surface area contributed by atoms with Crippen LogP contribution in [0.3, 0.4) is 0 Å². The van der Waals surface area contributed by atoms with Crippen molar-refractivity contribution in [2.24, 2.45) is 11.1 Å². The maximum Gasteiger partial charge on any atom is 0.239 e. The van der Waals surface area contributed by atoms with Crippen molar-refractivity contribution in [2.45, 2.75) is 49.0 Å². The standard InChI is InChI=1S/C47H44N2O4/c48-43(50)45(31-32-45)44(51)49(41(33-35-19-7-1-8-20-35)46(52,37-23-11-3-12-24-37)38-25-13-4-14-26-38)42(34-36-21-9-2-10-22-36)47(53,39-27-15-5-16-28-39)40-29-17-6-18-30-40/h1-30,41-42,52-53H,31-34H2,(H2,48,50). The Hall–Kier alpha value is -5.82. The number of aliphatic hydroxyl groups is 2. The first-order valence-corrected chi connectivity index (χ1v) is 18.2. The van der Waals surface area contributed by atoms with Gasteiger partial charge < -0.3 is 20.8 Å². The van der Waals surface area contributed by atoms with Gasteiger partial charge in [0, 0.05) is 0 Å². The van der Waals surface area contributed by atoms with Gasteiger partial charge in [-0.2, -0.15) is 0 Å². The average Bonchev–Trinajstić information content (AvgIpc) is 4.04. The van der Waals surface area contributed by atoms with Crippen LogP contribution in [0.25, 0.3) is 0 Å². The number of primary amides is 1. The predicted molar refractivity (Wildman–Crippen MR) is 207 cm³/mol. The lowest BCUT2D eigenvalue weighted by Crippen LogP contribution is -2.66. The van der Waals surface area contributed by atoms with E-state index in [1.54, 1.807) is 4.90 Å². The molecule has 0 spiro atoms. The smallest absolute Gasteiger partial charge is 0.239 e. The van der Waals surface area contributed by atoms with Crippen LogP contribution < -0.4 is 5.73 Å². The highest BCUT2D eigenvalue weighted by atomic mass is 16.3. The topological polar surface area (TPSA) is 104 Å². The molecule has 0 aliphatic heterocycles. The van der Waals surface area contributed by atoms with E-state index in [0.29, 0.717) is 22.3 Å². The third kappa shape index (κ3) is 6.79. The van der Waals surface area contributed by atoms with Crippen molar-refractivity contribution in [1.29, 1.82) is 0 Å². The predicted octanol–water partition coefficient (Wildman–Crippen LogP) is 7.18. The van der Waals surface area contributed by atoms with Crippen LogP contribution >= 0.6 is 0 Å². The molecule has 0 aromatic heterocycles. The fraction of sp³-hybridized carbons (Fsp3) is 0.191. The van der Waals surface area contributed by atoms with Gasteiger partial charge in [-0.15, -0.1) is 0 Å². The highest BCUT2D eigenvalue weighted by Gasteiger charge is 2.62. The van der Waals surface area contributed by atoms with E-state index in [4.69, 9.17) is 5.73 Å². The van der Waals surface area contributed by atoms with Crippen LogP contribution in [0.15, 0.2) is 182 Å². The Labute approximate surface area is 311 Å². The molecule has 0 saturated heterocycles. The summed E-state index contributed by atoms with van der Waals surface area (Å²) in [5, 5.41) is 27.5. The summed E-state index contributed by atoms with van der Waals surface area (Å²) in [5.41, 5.74) is 4.97. The zero-order valence-corrected chi connectivity index (χ0v) is 29.5. The lowest BCUT2D eigenvalue weighted by atomic mass is 9.72. The number of nitrogens with two attached hydrogens (primary N) is 1. The van der Waals surface area contributed by atoms with Crippen LogP contribution in [0.2, 0.25) is 0 Å². The zero-order chi connectivity index (χ0) is 36.9. The van der Waals surface area contributed by atoms with Gasteiger partial charge in [0.2, 0.25) is 11.8 Å². The number of nitrogens with zero attached hydrogens (tertiary/aromatic N) is 1. The normalized spacial score (nSPS) is 14.8. The molecule has 1 saturated carbocycles.